The second-order valence-corrected chi connectivity index (χ2v) is 7.06. The molecule has 2 atom stereocenters. The van der Waals surface area contributed by atoms with Crippen LogP contribution < -0.4 is 5.73 Å². The summed E-state index contributed by atoms with van der Waals surface area (Å²) in [7, 11) is 0. The van der Waals surface area contributed by atoms with E-state index >= 15 is 0 Å². The van der Waals surface area contributed by atoms with Gasteiger partial charge in [0.2, 0.25) is 0 Å². The van der Waals surface area contributed by atoms with Gasteiger partial charge in [-0.15, -0.1) is 0 Å². The zero-order chi connectivity index (χ0) is 14.6. The third-order valence-electron chi connectivity index (χ3n) is 4.19. The highest BCUT2D eigenvalue weighted by Crippen LogP contribution is 2.23. The summed E-state index contributed by atoms with van der Waals surface area (Å²) >= 11 is 3.49. The monoisotopic (exact) mass is 340 g/mol. The Labute approximate surface area is 130 Å². The normalized spacial score (nSPS) is 26.2. The molecule has 0 radical (unpaired) electrons. The first kappa shape index (κ1) is 16.0. The Hall–Kier alpha value is -0.420. The molecular weight excluding hydrogens is 316 g/mol. The van der Waals surface area contributed by atoms with Gasteiger partial charge >= 0.3 is 0 Å². The van der Waals surface area contributed by atoms with Crippen LogP contribution in [0.2, 0.25) is 0 Å². The van der Waals surface area contributed by atoms with E-state index < -0.39 is 5.60 Å². The number of benzene rings is 1. The molecule has 3 N–H and O–H groups in total. The molecule has 0 amide bonds. The van der Waals surface area contributed by atoms with Crippen molar-refractivity contribution in [1.29, 1.82) is 0 Å². The topological polar surface area (TPSA) is 49.5 Å². The summed E-state index contributed by atoms with van der Waals surface area (Å²) in [6.07, 6.45) is 3.79. The van der Waals surface area contributed by atoms with Gasteiger partial charge in [0.1, 0.15) is 0 Å². The van der Waals surface area contributed by atoms with Crippen molar-refractivity contribution in [3.8, 4) is 0 Å². The standard InChI is InChI=1S/C16H25BrN2O/c1-16(20)7-3-9-19(11-8-16)10-6-15(18)13-4-2-5-14(17)12-13/h2,4-5,12,15,20H,3,6-11,18H2,1H3. The molecule has 2 rings (SSSR count). The van der Waals surface area contributed by atoms with Gasteiger partial charge in [0, 0.05) is 17.1 Å². The van der Waals surface area contributed by atoms with Crippen molar-refractivity contribution in [2.75, 3.05) is 19.6 Å². The third-order valence-corrected chi connectivity index (χ3v) is 4.68. The van der Waals surface area contributed by atoms with Crippen molar-refractivity contribution in [3.63, 3.8) is 0 Å². The Morgan fingerprint density at radius 1 is 1.40 bits per heavy atom. The third kappa shape index (κ3) is 4.85. The van der Waals surface area contributed by atoms with Crippen LogP contribution in [-0.4, -0.2) is 35.2 Å². The van der Waals surface area contributed by atoms with E-state index in [0.29, 0.717) is 0 Å². The molecule has 1 aliphatic heterocycles. The number of aliphatic hydroxyl groups is 1. The number of nitrogens with two attached hydrogens (primary N) is 1. The summed E-state index contributed by atoms with van der Waals surface area (Å²) in [6, 6.07) is 8.31. The molecule has 0 spiro atoms. The first-order valence-corrected chi connectivity index (χ1v) is 8.21. The van der Waals surface area contributed by atoms with E-state index in [1.807, 2.05) is 19.1 Å². The van der Waals surface area contributed by atoms with Gasteiger partial charge < -0.3 is 15.7 Å². The Morgan fingerprint density at radius 3 is 2.95 bits per heavy atom. The number of rotatable bonds is 4. The highest BCUT2D eigenvalue weighted by atomic mass is 79.9. The molecule has 112 valence electrons. The highest BCUT2D eigenvalue weighted by molar-refractivity contribution is 9.10. The Kier molecular flexibility index (Phi) is 5.61. The fourth-order valence-corrected chi connectivity index (χ4v) is 3.19. The zero-order valence-corrected chi connectivity index (χ0v) is 13.8. The van der Waals surface area contributed by atoms with E-state index in [-0.39, 0.29) is 6.04 Å². The molecule has 2 unspecified atom stereocenters. The maximum absolute atomic E-state index is 10.1. The van der Waals surface area contributed by atoms with E-state index in [4.69, 9.17) is 5.73 Å². The van der Waals surface area contributed by atoms with Gasteiger partial charge in [-0.25, -0.2) is 0 Å². The van der Waals surface area contributed by atoms with Gasteiger partial charge in [-0.1, -0.05) is 28.1 Å². The van der Waals surface area contributed by atoms with E-state index in [1.54, 1.807) is 0 Å². The van der Waals surface area contributed by atoms with Crippen molar-refractivity contribution in [1.82, 2.24) is 4.90 Å². The minimum atomic E-state index is -0.485. The fraction of sp³-hybridized carbons (Fsp3) is 0.625. The van der Waals surface area contributed by atoms with Gasteiger partial charge in [0.25, 0.3) is 0 Å². The smallest absolute Gasteiger partial charge is 0.0632 e. The maximum Gasteiger partial charge on any atom is 0.0632 e. The van der Waals surface area contributed by atoms with Gasteiger partial charge in [-0.2, -0.15) is 0 Å². The first-order chi connectivity index (χ1) is 9.46. The molecule has 1 saturated heterocycles. The predicted molar refractivity (Wildman–Crippen MR) is 86.6 cm³/mol. The molecule has 4 heteroatoms. The zero-order valence-electron chi connectivity index (χ0n) is 12.2. The lowest BCUT2D eigenvalue weighted by Gasteiger charge is -2.23. The quantitative estimate of drug-likeness (QED) is 0.885. The second kappa shape index (κ2) is 7.03. The lowest BCUT2D eigenvalue weighted by molar-refractivity contribution is 0.0446. The molecule has 1 heterocycles. The molecule has 20 heavy (non-hydrogen) atoms. The number of nitrogens with zero attached hydrogens (tertiary/aromatic N) is 1. The molecule has 1 aromatic carbocycles. The summed E-state index contributed by atoms with van der Waals surface area (Å²) in [5.41, 5.74) is 6.97. The highest BCUT2D eigenvalue weighted by Gasteiger charge is 2.24. The molecule has 3 nitrogen and oxygen atoms in total. The van der Waals surface area contributed by atoms with E-state index in [0.717, 1.165) is 49.8 Å². The lowest BCUT2D eigenvalue weighted by atomic mass is 9.98. The van der Waals surface area contributed by atoms with Crippen LogP contribution >= 0.6 is 15.9 Å². The van der Waals surface area contributed by atoms with Crippen LogP contribution in [0.1, 0.15) is 44.2 Å². The average Bonchev–Trinajstić information content (AvgIpc) is 2.57. The van der Waals surface area contributed by atoms with E-state index in [9.17, 15) is 5.11 Å². The molecule has 0 aromatic heterocycles. The summed E-state index contributed by atoms with van der Waals surface area (Å²) in [5.74, 6) is 0. The number of hydrogen-bond acceptors (Lipinski definition) is 3. The van der Waals surface area contributed by atoms with Crippen molar-refractivity contribution in [2.45, 2.75) is 44.2 Å². The Balaban J connectivity index is 1.83. The Morgan fingerprint density at radius 2 is 2.20 bits per heavy atom. The van der Waals surface area contributed by atoms with Gasteiger partial charge in [-0.05, 0) is 63.4 Å². The second-order valence-electron chi connectivity index (χ2n) is 6.14. The molecule has 1 aromatic rings. The summed E-state index contributed by atoms with van der Waals surface area (Å²) in [4.78, 5) is 2.43. The molecular formula is C16H25BrN2O. The minimum absolute atomic E-state index is 0.0799. The number of hydrogen-bond donors (Lipinski definition) is 2. The summed E-state index contributed by atoms with van der Waals surface area (Å²) < 4.78 is 1.08. The van der Waals surface area contributed by atoms with Crippen LogP contribution in [0.15, 0.2) is 28.7 Å². The van der Waals surface area contributed by atoms with Crippen LogP contribution in [0.5, 0.6) is 0 Å². The summed E-state index contributed by atoms with van der Waals surface area (Å²) in [5, 5.41) is 10.1. The molecule has 0 saturated carbocycles. The van der Waals surface area contributed by atoms with Crippen molar-refractivity contribution < 1.29 is 5.11 Å². The molecule has 1 fully saturated rings. The van der Waals surface area contributed by atoms with Crippen LogP contribution in [0.4, 0.5) is 0 Å². The van der Waals surface area contributed by atoms with Crippen molar-refractivity contribution in [2.24, 2.45) is 5.73 Å². The maximum atomic E-state index is 10.1. The van der Waals surface area contributed by atoms with Gasteiger partial charge in [0.05, 0.1) is 5.60 Å². The van der Waals surface area contributed by atoms with Crippen LogP contribution in [0.3, 0.4) is 0 Å². The Bertz CT molecular complexity index is 436. The fourth-order valence-electron chi connectivity index (χ4n) is 2.77. The van der Waals surface area contributed by atoms with Crippen LogP contribution in [0, 0.1) is 0 Å². The first-order valence-electron chi connectivity index (χ1n) is 7.42. The van der Waals surface area contributed by atoms with Crippen molar-refractivity contribution >= 4 is 15.9 Å². The van der Waals surface area contributed by atoms with Crippen molar-refractivity contribution in [3.05, 3.63) is 34.3 Å². The number of likely N-dealkylation sites (tertiary alicyclic amines) is 1. The van der Waals surface area contributed by atoms with E-state index in [2.05, 4.69) is 33.0 Å². The molecule has 1 aliphatic rings. The van der Waals surface area contributed by atoms with Crippen LogP contribution in [0.25, 0.3) is 0 Å². The van der Waals surface area contributed by atoms with Gasteiger partial charge in [0.15, 0.2) is 0 Å². The van der Waals surface area contributed by atoms with Crippen LogP contribution in [-0.2, 0) is 0 Å². The average molecular weight is 341 g/mol. The van der Waals surface area contributed by atoms with Gasteiger partial charge in [-0.3, -0.25) is 0 Å². The minimum Gasteiger partial charge on any atom is -0.390 e. The SMILES string of the molecule is CC1(O)CCCN(CCC(N)c2cccc(Br)c2)CC1. The molecule has 0 bridgehead atoms. The van der Waals surface area contributed by atoms with E-state index in [1.165, 1.54) is 5.56 Å². The lowest BCUT2D eigenvalue weighted by Crippen LogP contribution is -2.30. The summed E-state index contributed by atoms with van der Waals surface area (Å²) in [6.45, 7) is 4.99. The predicted octanol–water partition coefficient (Wildman–Crippen LogP) is 3.08. The molecule has 0 aliphatic carbocycles. The number of halogens is 1. The largest absolute Gasteiger partial charge is 0.390 e.